The lowest BCUT2D eigenvalue weighted by molar-refractivity contribution is 0.135. The van der Waals surface area contributed by atoms with Crippen molar-refractivity contribution in [1.82, 2.24) is 15.5 Å². The Balaban J connectivity index is 2.27. The Morgan fingerprint density at radius 3 is 2.93 bits per heavy atom. The molecule has 0 aliphatic carbocycles. The first-order valence-corrected chi connectivity index (χ1v) is 4.77. The van der Waals surface area contributed by atoms with E-state index in [-0.39, 0.29) is 12.0 Å². The molecule has 0 aromatic carbocycles. The Morgan fingerprint density at radius 2 is 2.43 bits per heavy atom. The van der Waals surface area contributed by atoms with Crippen LogP contribution in [0.4, 0.5) is 0 Å². The SMILES string of the molecule is CCC(C)(CO)CNCc1ncon1. The van der Waals surface area contributed by atoms with Gasteiger partial charge in [0, 0.05) is 18.6 Å². The molecule has 0 aliphatic heterocycles. The van der Waals surface area contributed by atoms with Gasteiger partial charge in [-0.2, -0.15) is 4.98 Å². The highest BCUT2D eigenvalue weighted by atomic mass is 16.5. The van der Waals surface area contributed by atoms with Gasteiger partial charge in [0.15, 0.2) is 5.82 Å². The van der Waals surface area contributed by atoms with Gasteiger partial charge in [-0.05, 0) is 6.42 Å². The van der Waals surface area contributed by atoms with Gasteiger partial charge >= 0.3 is 0 Å². The Hall–Kier alpha value is -0.940. The maximum absolute atomic E-state index is 9.15. The molecule has 0 saturated heterocycles. The summed E-state index contributed by atoms with van der Waals surface area (Å²) in [5, 5.41) is 16.0. The number of aromatic nitrogens is 2. The Bertz CT molecular complexity index is 245. The van der Waals surface area contributed by atoms with Crippen LogP contribution in [0.5, 0.6) is 0 Å². The maximum Gasteiger partial charge on any atom is 0.213 e. The molecule has 14 heavy (non-hydrogen) atoms. The van der Waals surface area contributed by atoms with E-state index in [4.69, 9.17) is 5.11 Å². The van der Waals surface area contributed by atoms with Crippen LogP contribution in [0.15, 0.2) is 10.9 Å². The van der Waals surface area contributed by atoms with E-state index in [1.54, 1.807) is 0 Å². The summed E-state index contributed by atoms with van der Waals surface area (Å²) in [6.07, 6.45) is 2.24. The molecule has 0 aliphatic rings. The summed E-state index contributed by atoms with van der Waals surface area (Å²) < 4.78 is 4.60. The van der Waals surface area contributed by atoms with Gasteiger partial charge in [0.25, 0.3) is 0 Å². The van der Waals surface area contributed by atoms with Gasteiger partial charge in [-0.15, -0.1) is 0 Å². The van der Waals surface area contributed by atoms with Crippen LogP contribution < -0.4 is 5.32 Å². The summed E-state index contributed by atoms with van der Waals surface area (Å²) in [5.41, 5.74) is -0.0657. The lowest BCUT2D eigenvalue weighted by Crippen LogP contribution is -2.34. The predicted octanol–water partition coefficient (Wildman–Crippen LogP) is 0.568. The van der Waals surface area contributed by atoms with Crippen molar-refractivity contribution in [3.8, 4) is 0 Å². The second kappa shape index (κ2) is 5.07. The van der Waals surface area contributed by atoms with E-state index in [9.17, 15) is 0 Å². The molecule has 0 saturated carbocycles. The fourth-order valence-electron chi connectivity index (χ4n) is 1.04. The molecule has 1 aromatic rings. The molecular weight excluding hydrogens is 182 g/mol. The molecule has 0 fully saturated rings. The molecule has 2 N–H and O–H groups in total. The third-order valence-corrected chi connectivity index (χ3v) is 2.48. The van der Waals surface area contributed by atoms with E-state index in [0.717, 1.165) is 13.0 Å². The average Bonchev–Trinajstić information content (AvgIpc) is 2.70. The molecule has 0 radical (unpaired) electrons. The van der Waals surface area contributed by atoms with Crippen molar-refractivity contribution in [3.63, 3.8) is 0 Å². The zero-order valence-electron chi connectivity index (χ0n) is 8.66. The van der Waals surface area contributed by atoms with Crippen LogP contribution in [0.25, 0.3) is 0 Å². The van der Waals surface area contributed by atoms with Crippen LogP contribution in [-0.4, -0.2) is 28.4 Å². The van der Waals surface area contributed by atoms with Crippen LogP contribution in [-0.2, 0) is 6.54 Å². The summed E-state index contributed by atoms with van der Waals surface area (Å²) in [6.45, 7) is 5.60. The number of hydrogen-bond acceptors (Lipinski definition) is 5. The number of rotatable bonds is 6. The highest BCUT2D eigenvalue weighted by Crippen LogP contribution is 2.18. The number of aliphatic hydroxyl groups excluding tert-OH is 1. The van der Waals surface area contributed by atoms with Crippen LogP contribution in [0.3, 0.4) is 0 Å². The topological polar surface area (TPSA) is 71.2 Å². The van der Waals surface area contributed by atoms with E-state index < -0.39 is 0 Å². The number of nitrogens with one attached hydrogen (secondary N) is 1. The normalized spacial score (nSPS) is 15.4. The molecule has 0 spiro atoms. The second-order valence-electron chi connectivity index (χ2n) is 3.77. The number of nitrogens with zero attached hydrogens (tertiary/aromatic N) is 2. The summed E-state index contributed by atoms with van der Waals surface area (Å²) in [5.74, 6) is 0.640. The van der Waals surface area contributed by atoms with E-state index in [0.29, 0.717) is 12.4 Å². The Kier molecular flexibility index (Phi) is 4.03. The van der Waals surface area contributed by atoms with Crippen molar-refractivity contribution in [3.05, 3.63) is 12.2 Å². The smallest absolute Gasteiger partial charge is 0.213 e. The van der Waals surface area contributed by atoms with Crippen molar-refractivity contribution in [2.24, 2.45) is 5.41 Å². The van der Waals surface area contributed by atoms with Gasteiger partial charge in [0.2, 0.25) is 6.39 Å². The Labute approximate surface area is 83.5 Å². The van der Waals surface area contributed by atoms with Crippen molar-refractivity contribution in [1.29, 1.82) is 0 Å². The van der Waals surface area contributed by atoms with E-state index in [1.165, 1.54) is 6.39 Å². The molecule has 5 nitrogen and oxygen atoms in total. The first-order valence-electron chi connectivity index (χ1n) is 4.77. The zero-order valence-corrected chi connectivity index (χ0v) is 8.66. The molecule has 1 rings (SSSR count). The number of aliphatic hydroxyl groups is 1. The quantitative estimate of drug-likeness (QED) is 0.700. The van der Waals surface area contributed by atoms with Gasteiger partial charge < -0.3 is 14.9 Å². The van der Waals surface area contributed by atoms with Crippen LogP contribution in [0, 0.1) is 5.41 Å². The molecule has 1 atom stereocenters. The van der Waals surface area contributed by atoms with E-state index in [1.807, 2.05) is 6.92 Å². The minimum absolute atomic E-state index is 0.0657. The van der Waals surface area contributed by atoms with Crippen LogP contribution in [0.2, 0.25) is 0 Å². The molecule has 1 aromatic heterocycles. The van der Waals surface area contributed by atoms with Crippen LogP contribution >= 0.6 is 0 Å². The fraction of sp³-hybridized carbons (Fsp3) is 0.778. The standard InChI is InChI=1S/C9H17N3O2/c1-3-9(2,6-13)5-10-4-8-11-7-14-12-8/h7,10,13H,3-6H2,1-2H3. The van der Waals surface area contributed by atoms with E-state index >= 15 is 0 Å². The first kappa shape index (κ1) is 11.1. The molecule has 0 bridgehead atoms. The lowest BCUT2D eigenvalue weighted by atomic mass is 9.89. The zero-order chi connectivity index (χ0) is 10.4. The van der Waals surface area contributed by atoms with Gasteiger partial charge in [-0.3, -0.25) is 0 Å². The highest BCUT2D eigenvalue weighted by molar-refractivity contribution is 4.79. The van der Waals surface area contributed by atoms with Gasteiger partial charge in [-0.25, -0.2) is 0 Å². The minimum Gasteiger partial charge on any atom is -0.396 e. The first-order chi connectivity index (χ1) is 6.70. The van der Waals surface area contributed by atoms with Gasteiger partial charge in [-0.1, -0.05) is 19.0 Å². The third kappa shape index (κ3) is 3.08. The monoisotopic (exact) mass is 199 g/mol. The third-order valence-electron chi connectivity index (χ3n) is 2.48. The fourth-order valence-corrected chi connectivity index (χ4v) is 1.04. The summed E-state index contributed by atoms with van der Waals surface area (Å²) >= 11 is 0. The molecule has 1 unspecified atom stereocenters. The van der Waals surface area contributed by atoms with E-state index in [2.05, 4.69) is 26.9 Å². The summed E-state index contributed by atoms with van der Waals surface area (Å²) in [4.78, 5) is 3.88. The molecular formula is C9H17N3O2. The molecule has 80 valence electrons. The molecule has 1 heterocycles. The largest absolute Gasteiger partial charge is 0.396 e. The predicted molar refractivity (Wildman–Crippen MR) is 51.5 cm³/mol. The van der Waals surface area contributed by atoms with Gasteiger partial charge in [0.05, 0.1) is 6.54 Å². The van der Waals surface area contributed by atoms with Crippen molar-refractivity contribution >= 4 is 0 Å². The minimum atomic E-state index is -0.0657. The second-order valence-corrected chi connectivity index (χ2v) is 3.77. The summed E-state index contributed by atoms with van der Waals surface area (Å²) in [6, 6.07) is 0. The molecule has 5 heteroatoms. The Morgan fingerprint density at radius 1 is 1.64 bits per heavy atom. The maximum atomic E-state index is 9.15. The number of hydrogen-bond donors (Lipinski definition) is 2. The summed E-state index contributed by atoms with van der Waals surface area (Å²) in [7, 11) is 0. The van der Waals surface area contributed by atoms with Crippen molar-refractivity contribution in [2.45, 2.75) is 26.8 Å². The van der Waals surface area contributed by atoms with Gasteiger partial charge in [0.1, 0.15) is 0 Å². The lowest BCUT2D eigenvalue weighted by Gasteiger charge is -2.25. The van der Waals surface area contributed by atoms with Crippen LogP contribution in [0.1, 0.15) is 26.1 Å². The highest BCUT2D eigenvalue weighted by Gasteiger charge is 2.20. The molecule has 0 amide bonds. The average molecular weight is 199 g/mol. The van der Waals surface area contributed by atoms with Crippen molar-refractivity contribution in [2.75, 3.05) is 13.2 Å². The van der Waals surface area contributed by atoms with Crippen molar-refractivity contribution < 1.29 is 9.63 Å².